The first kappa shape index (κ1) is 23.2. The molecular formula is C16H21F3N2O8. The van der Waals surface area contributed by atoms with Crippen molar-refractivity contribution < 1.29 is 52.0 Å². The Morgan fingerprint density at radius 2 is 1.97 bits per heavy atom. The normalized spacial score (nSPS) is 31.7. The molecule has 2 aliphatic heterocycles. The zero-order valence-corrected chi connectivity index (χ0v) is 15.3. The second-order valence-electron chi connectivity index (χ2n) is 6.58. The molecule has 0 aliphatic carbocycles. The van der Waals surface area contributed by atoms with Gasteiger partial charge in [0.1, 0.15) is 23.9 Å². The smallest absolute Gasteiger partial charge is 0.388 e. The first-order chi connectivity index (χ1) is 13.5. The highest BCUT2D eigenvalue weighted by molar-refractivity contribution is 5.96. The van der Waals surface area contributed by atoms with Crippen LogP contribution in [0, 0.1) is 0 Å². The highest BCUT2D eigenvalue weighted by Crippen LogP contribution is 2.37. The number of hydrogen-bond donors (Lipinski definition) is 4. The molecule has 4 N–H and O–H groups in total. The van der Waals surface area contributed by atoms with E-state index in [1.165, 1.54) is 6.92 Å². The Hall–Kier alpha value is -2.06. The first-order valence-corrected chi connectivity index (χ1v) is 8.54. The third-order valence-corrected chi connectivity index (χ3v) is 4.28. The van der Waals surface area contributed by atoms with Gasteiger partial charge in [0.05, 0.1) is 19.8 Å². The SMILES string of the molecule is CC(=O)/C=C/C(=O)NCCOC[C@@]12CO[C@@H](O1)[C@@H](NC(=O)C(F)(F)F)C(O)C2O. The average Bonchev–Trinajstić information content (AvgIpc) is 3.03. The fraction of sp³-hybridized carbons (Fsp3) is 0.688. The van der Waals surface area contributed by atoms with Crippen LogP contribution in [0.25, 0.3) is 0 Å². The molecule has 2 amide bonds. The van der Waals surface area contributed by atoms with E-state index in [4.69, 9.17) is 14.2 Å². The second kappa shape index (κ2) is 9.17. The number of fused-ring (bicyclic) bond motifs is 2. The van der Waals surface area contributed by atoms with Crippen molar-refractivity contribution in [1.82, 2.24) is 10.6 Å². The number of hydrogen-bond acceptors (Lipinski definition) is 8. The number of aliphatic hydroxyl groups excluding tert-OH is 2. The maximum atomic E-state index is 12.4. The van der Waals surface area contributed by atoms with E-state index in [1.807, 2.05) is 0 Å². The van der Waals surface area contributed by atoms with Gasteiger partial charge in [0.2, 0.25) is 5.91 Å². The van der Waals surface area contributed by atoms with Crippen LogP contribution in [-0.4, -0.2) is 90.5 Å². The fourth-order valence-corrected chi connectivity index (χ4v) is 2.81. The van der Waals surface area contributed by atoms with Crippen molar-refractivity contribution >= 4 is 17.6 Å². The minimum Gasteiger partial charge on any atom is -0.388 e. The van der Waals surface area contributed by atoms with Crippen LogP contribution in [0.15, 0.2) is 12.2 Å². The molecule has 2 unspecified atom stereocenters. The molecule has 0 aromatic rings. The van der Waals surface area contributed by atoms with Crippen molar-refractivity contribution in [1.29, 1.82) is 0 Å². The topological polar surface area (TPSA) is 143 Å². The Balaban J connectivity index is 1.84. The van der Waals surface area contributed by atoms with E-state index < -0.39 is 48.1 Å². The molecule has 0 aromatic carbocycles. The molecule has 10 nitrogen and oxygen atoms in total. The lowest BCUT2D eigenvalue weighted by molar-refractivity contribution is -0.240. The summed E-state index contributed by atoms with van der Waals surface area (Å²) in [5.74, 6) is -3.11. The van der Waals surface area contributed by atoms with Gasteiger partial charge >= 0.3 is 12.1 Å². The molecular weight excluding hydrogens is 405 g/mol. The molecule has 2 bridgehead atoms. The largest absolute Gasteiger partial charge is 0.471 e. The van der Waals surface area contributed by atoms with Crippen molar-refractivity contribution in [2.75, 3.05) is 26.4 Å². The lowest BCUT2D eigenvalue weighted by atomic mass is 9.88. The number of amides is 2. The summed E-state index contributed by atoms with van der Waals surface area (Å²) in [6, 6.07) is -1.62. The van der Waals surface area contributed by atoms with E-state index in [-0.39, 0.29) is 32.1 Å². The van der Waals surface area contributed by atoms with Crippen molar-refractivity contribution in [3.05, 3.63) is 12.2 Å². The molecule has 2 heterocycles. The van der Waals surface area contributed by atoms with E-state index in [1.54, 1.807) is 5.32 Å². The van der Waals surface area contributed by atoms with Crippen LogP contribution >= 0.6 is 0 Å². The lowest BCUT2D eigenvalue weighted by Crippen LogP contribution is -2.67. The number of carbonyl (C=O) groups is 3. The first-order valence-electron chi connectivity index (χ1n) is 8.54. The van der Waals surface area contributed by atoms with Gasteiger partial charge in [-0.2, -0.15) is 13.2 Å². The summed E-state index contributed by atoms with van der Waals surface area (Å²) in [6.45, 7) is 0.742. The monoisotopic (exact) mass is 426 g/mol. The zero-order valence-electron chi connectivity index (χ0n) is 15.3. The molecule has 0 aromatic heterocycles. The summed E-state index contributed by atoms with van der Waals surface area (Å²) in [5, 5.41) is 24.4. The standard InChI is InChI=1S/C16H21F3N2O8/c1-8(22)2-3-9(23)20-4-5-27-6-15-7-28-13(29-15)10(11(24)12(15)25)21-14(26)16(17,18)19/h2-3,10-13,24-25H,4-7H2,1H3,(H,20,23)(H,21,26)/b3-2+/t10-,11?,12?,13-,15-/m0/s1. The van der Waals surface area contributed by atoms with Crippen LogP contribution in [0.3, 0.4) is 0 Å². The molecule has 2 fully saturated rings. The van der Waals surface area contributed by atoms with E-state index in [2.05, 4.69) is 5.32 Å². The van der Waals surface area contributed by atoms with Gasteiger partial charge in [-0.3, -0.25) is 14.4 Å². The zero-order chi connectivity index (χ0) is 21.8. The predicted molar refractivity (Wildman–Crippen MR) is 87.2 cm³/mol. The van der Waals surface area contributed by atoms with E-state index in [9.17, 15) is 37.8 Å². The number of alkyl halides is 3. The number of nitrogens with one attached hydrogen (secondary N) is 2. The number of halogens is 3. The van der Waals surface area contributed by atoms with E-state index in [0.717, 1.165) is 12.2 Å². The van der Waals surface area contributed by atoms with Gasteiger partial charge in [0, 0.05) is 12.6 Å². The van der Waals surface area contributed by atoms with Crippen LogP contribution in [-0.2, 0) is 28.6 Å². The Morgan fingerprint density at radius 1 is 1.28 bits per heavy atom. The maximum Gasteiger partial charge on any atom is 0.471 e. The van der Waals surface area contributed by atoms with Gasteiger partial charge in [0.25, 0.3) is 0 Å². The average molecular weight is 426 g/mol. The quantitative estimate of drug-likeness (QED) is 0.262. The third kappa shape index (κ3) is 5.73. The Morgan fingerprint density at radius 3 is 2.59 bits per heavy atom. The molecule has 164 valence electrons. The highest BCUT2D eigenvalue weighted by atomic mass is 19.4. The lowest BCUT2D eigenvalue weighted by Gasteiger charge is -2.42. The molecule has 2 aliphatic rings. The van der Waals surface area contributed by atoms with Crippen LogP contribution in [0.4, 0.5) is 13.2 Å². The summed E-state index contributed by atoms with van der Waals surface area (Å²) in [4.78, 5) is 33.2. The van der Waals surface area contributed by atoms with Gasteiger partial charge in [-0.15, -0.1) is 0 Å². The van der Waals surface area contributed by atoms with Gasteiger partial charge < -0.3 is 35.1 Å². The number of aliphatic hydroxyl groups is 2. The van der Waals surface area contributed by atoms with Crippen molar-refractivity contribution in [2.45, 2.75) is 43.2 Å². The molecule has 2 saturated heterocycles. The van der Waals surface area contributed by atoms with Crippen molar-refractivity contribution in [3.8, 4) is 0 Å². The molecule has 29 heavy (non-hydrogen) atoms. The van der Waals surface area contributed by atoms with Crippen molar-refractivity contribution in [3.63, 3.8) is 0 Å². The summed E-state index contributed by atoms with van der Waals surface area (Å²) in [5.41, 5.74) is -1.54. The molecule has 2 rings (SSSR count). The van der Waals surface area contributed by atoms with Gasteiger partial charge in [-0.1, -0.05) is 0 Å². The number of allylic oxidation sites excluding steroid dienone is 1. The van der Waals surface area contributed by atoms with Crippen LogP contribution in [0.1, 0.15) is 6.92 Å². The Bertz CT molecular complexity index is 671. The van der Waals surface area contributed by atoms with Gasteiger partial charge in [0.15, 0.2) is 12.1 Å². The number of ketones is 1. The summed E-state index contributed by atoms with van der Waals surface area (Å²) < 4.78 is 53.2. The number of carbonyl (C=O) groups excluding carboxylic acids is 3. The third-order valence-electron chi connectivity index (χ3n) is 4.28. The predicted octanol–water partition coefficient (Wildman–Crippen LogP) is -1.84. The van der Waals surface area contributed by atoms with Crippen molar-refractivity contribution in [2.24, 2.45) is 0 Å². The second-order valence-corrected chi connectivity index (χ2v) is 6.58. The highest BCUT2D eigenvalue weighted by Gasteiger charge is 2.60. The molecule has 5 atom stereocenters. The Kier molecular flexibility index (Phi) is 7.35. The van der Waals surface area contributed by atoms with Crippen LogP contribution < -0.4 is 10.6 Å². The van der Waals surface area contributed by atoms with Crippen LogP contribution in [0.2, 0.25) is 0 Å². The minimum absolute atomic E-state index is 0.0213. The summed E-state index contributed by atoms with van der Waals surface area (Å²) >= 11 is 0. The number of rotatable bonds is 8. The van der Waals surface area contributed by atoms with E-state index in [0.29, 0.717) is 0 Å². The minimum atomic E-state index is -5.18. The molecule has 13 heteroatoms. The molecule has 0 spiro atoms. The van der Waals surface area contributed by atoms with Gasteiger partial charge in [-0.05, 0) is 13.0 Å². The van der Waals surface area contributed by atoms with E-state index >= 15 is 0 Å². The Labute approximate surface area is 163 Å². The van der Waals surface area contributed by atoms with Gasteiger partial charge in [-0.25, -0.2) is 0 Å². The molecule has 0 radical (unpaired) electrons. The summed E-state index contributed by atoms with van der Waals surface area (Å²) in [7, 11) is 0. The molecule has 0 saturated carbocycles. The van der Waals surface area contributed by atoms with Crippen LogP contribution in [0.5, 0.6) is 0 Å². The summed E-state index contributed by atoms with van der Waals surface area (Å²) in [6.07, 6.45) is -7.93. The number of ether oxygens (including phenoxy) is 3. The maximum absolute atomic E-state index is 12.4. The fourth-order valence-electron chi connectivity index (χ4n) is 2.81.